The molecule has 2 rings (SSSR count). The molecule has 2 aromatic rings. The number of benzene rings is 2. The lowest BCUT2D eigenvalue weighted by Crippen LogP contribution is -1.81. The molecule has 15 heavy (non-hydrogen) atoms. The maximum Gasteiger partial charge on any atom is 0.127 e. The van der Waals surface area contributed by atoms with Gasteiger partial charge in [0.2, 0.25) is 0 Å². The van der Waals surface area contributed by atoms with Gasteiger partial charge in [-0.15, -0.1) is 0 Å². The van der Waals surface area contributed by atoms with Crippen molar-refractivity contribution < 1.29 is 8.78 Å². The Labute approximate surface area is 90.9 Å². The van der Waals surface area contributed by atoms with Crippen molar-refractivity contribution in [3.63, 3.8) is 0 Å². The van der Waals surface area contributed by atoms with Crippen LogP contribution in [0.25, 0.3) is 0 Å². The first kappa shape index (κ1) is 10.2. The highest BCUT2D eigenvalue weighted by Gasteiger charge is 2.01. The molecular formula is C12H8F2S. The summed E-state index contributed by atoms with van der Waals surface area (Å²) in [6.07, 6.45) is 0. The Hall–Kier alpha value is -1.35. The van der Waals surface area contributed by atoms with Crippen molar-refractivity contribution in [1.82, 2.24) is 0 Å². The van der Waals surface area contributed by atoms with Gasteiger partial charge in [0.15, 0.2) is 0 Å². The monoisotopic (exact) mass is 222 g/mol. The van der Waals surface area contributed by atoms with E-state index in [4.69, 9.17) is 0 Å². The molecule has 76 valence electrons. The van der Waals surface area contributed by atoms with E-state index in [0.717, 1.165) is 11.0 Å². The van der Waals surface area contributed by atoms with E-state index in [1.54, 1.807) is 0 Å². The minimum Gasteiger partial charge on any atom is -0.207 e. The van der Waals surface area contributed by atoms with Crippen LogP contribution in [0.1, 0.15) is 0 Å². The van der Waals surface area contributed by atoms with Gasteiger partial charge in [0.1, 0.15) is 11.6 Å². The summed E-state index contributed by atoms with van der Waals surface area (Å²) in [5, 5.41) is 0. The average molecular weight is 222 g/mol. The lowest BCUT2D eigenvalue weighted by Gasteiger charge is -2.01. The van der Waals surface area contributed by atoms with Crippen LogP contribution in [0.4, 0.5) is 8.78 Å². The van der Waals surface area contributed by atoms with Crippen molar-refractivity contribution in [1.29, 1.82) is 0 Å². The van der Waals surface area contributed by atoms with Gasteiger partial charge in [-0.1, -0.05) is 30.0 Å². The van der Waals surface area contributed by atoms with Crippen molar-refractivity contribution in [3.8, 4) is 0 Å². The van der Waals surface area contributed by atoms with E-state index in [1.165, 1.54) is 23.9 Å². The predicted molar refractivity (Wildman–Crippen MR) is 56.9 cm³/mol. The summed E-state index contributed by atoms with van der Waals surface area (Å²) in [5.41, 5.74) is 0. The largest absolute Gasteiger partial charge is 0.207 e. The summed E-state index contributed by atoms with van der Waals surface area (Å²) < 4.78 is 25.8. The summed E-state index contributed by atoms with van der Waals surface area (Å²) in [4.78, 5) is 1.53. The van der Waals surface area contributed by atoms with Crippen molar-refractivity contribution in [2.24, 2.45) is 0 Å². The summed E-state index contributed by atoms with van der Waals surface area (Å²) in [5.74, 6) is -1.10. The Morgan fingerprint density at radius 3 is 1.93 bits per heavy atom. The molecule has 3 heteroatoms. The fraction of sp³-hybridized carbons (Fsp3) is 0. The van der Waals surface area contributed by atoms with E-state index in [2.05, 4.69) is 0 Å². The van der Waals surface area contributed by atoms with Crippen LogP contribution in [0.5, 0.6) is 0 Å². The SMILES string of the molecule is Fc1cc(F)cc(Sc2ccccc2)c1. The molecule has 0 amide bonds. The van der Waals surface area contributed by atoms with E-state index in [1.807, 2.05) is 30.3 Å². The van der Waals surface area contributed by atoms with Crippen LogP contribution in [0, 0.1) is 11.6 Å². The highest BCUT2D eigenvalue weighted by molar-refractivity contribution is 7.99. The molecule has 2 aromatic carbocycles. The van der Waals surface area contributed by atoms with E-state index in [9.17, 15) is 8.78 Å². The predicted octanol–water partition coefficient (Wildman–Crippen LogP) is 4.12. The lowest BCUT2D eigenvalue weighted by molar-refractivity contribution is 0.577. The Balaban J connectivity index is 2.25. The molecule has 0 aliphatic rings. The van der Waals surface area contributed by atoms with Gasteiger partial charge < -0.3 is 0 Å². The third-order valence-corrected chi connectivity index (χ3v) is 2.79. The molecule has 0 aromatic heterocycles. The van der Waals surface area contributed by atoms with Gasteiger partial charge in [-0.3, -0.25) is 0 Å². The maximum atomic E-state index is 12.9. The molecule has 0 nitrogen and oxygen atoms in total. The number of rotatable bonds is 2. The molecule has 0 unspecified atom stereocenters. The second-order valence-electron chi connectivity index (χ2n) is 3.02. The minimum atomic E-state index is -0.548. The summed E-state index contributed by atoms with van der Waals surface area (Å²) in [6, 6.07) is 13.0. The molecule has 0 bridgehead atoms. The molecule has 0 N–H and O–H groups in total. The highest BCUT2D eigenvalue weighted by Crippen LogP contribution is 2.28. The second-order valence-corrected chi connectivity index (χ2v) is 4.17. The van der Waals surface area contributed by atoms with Crippen LogP contribution in [-0.4, -0.2) is 0 Å². The standard InChI is InChI=1S/C12H8F2S/c13-9-6-10(14)8-12(7-9)15-11-4-2-1-3-5-11/h1-8H. The number of hydrogen-bond acceptors (Lipinski definition) is 1. The van der Waals surface area contributed by atoms with Gasteiger partial charge in [-0.2, -0.15) is 0 Å². The van der Waals surface area contributed by atoms with Crippen LogP contribution >= 0.6 is 11.8 Å². The van der Waals surface area contributed by atoms with Crippen LogP contribution in [0.3, 0.4) is 0 Å². The molecular weight excluding hydrogens is 214 g/mol. The van der Waals surface area contributed by atoms with E-state index < -0.39 is 11.6 Å². The fourth-order valence-corrected chi connectivity index (χ4v) is 2.12. The van der Waals surface area contributed by atoms with E-state index >= 15 is 0 Å². The van der Waals surface area contributed by atoms with Gasteiger partial charge >= 0.3 is 0 Å². The van der Waals surface area contributed by atoms with Gasteiger partial charge in [0, 0.05) is 15.9 Å². The quantitative estimate of drug-likeness (QED) is 0.736. The summed E-state index contributed by atoms with van der Waals surface area (Å²) in [7, 11) is 0. The van der Waals surface area contributed by atoms with Gasteiger partial charge in [-0.05, 0) is 24.3 Å². The Bertz CT molecular complexity index is 434. The molecule has 0 aliphatic heterocycles. The van der Waals surface area contributed by atoms with Crippen molar-refractivity contribution in [2.75, 3.05) is 0 Å². The zero-order valence-electron chi connectivity index (χ0n) is 7.78. The Kier molecular flexibility index (Phi) is 3.02. The first-order chi connectivity index (χ1) is 7.24. The third kappa shape index (κ3) is 2.80. The first-order valence-corrected chi connectivity index (χ1v) is 5.25. The van der Waals surface area contributed by atoms with Crippen LogP contribution in [0.15, 0.2) is 58.3 Å². The zero-order valence-corrected chi connectivity index (χ0v) is 8.60. The molecule has 0 aliphatic carbocycles. The molecule has 0 spiro atoms. The maximum absolute atomic E-state index is 12.9. The molecule has 0 saturated heterocycles. The van der Waals surface area contributed by atoms with Crippen molar-refractivity contribution in [3.05, 3.63) is 60.2 Å². The first-order valence-electron chi connectivity index (χ1n) is 4.43. The average Bonchev–Trinajstić information content (AvgIpc) is 2.17. The third-order valence-electron chi connectivity index (χ3n) is 1.81. The van der Waals surface area contributed by atoms with E-state index in [0.29, 0.717) is 4.90 Å². The lowest BCUT2D eigenvalue weighted by atomic mass is 10.3. The van der Waals surface area contributed by atoms with Gasteiger partial charge in [0.05, 0.1) is 0 Å². The summed E-state index contributed by atoms with van der Waals surface area (Å²) >= 11 is 1.34. The Morgan fingerprint density at radius 2 is 1.33 bits per heavy atom. The molecule has 0 saturated carbocycles. The number of hydrogen-bond donors (Lipinski definition) is 0. The van der Waals surface area contributed by atoms with Crippen LogP contribution in [-0.2, 0) is 0 Å². The zero-order chi connectivity index (χ0) is 10.7. The molecule has 0 radical (unpaired) electrons. The number of halogens is 2. The Morgan fingerprint density at radius 1 is 0.733 bits per heavy atom. The second kappa shape index (κ2) is 4.45. The molecule has 0 atom stereocenters. The highest BCUT2D eigenvalue weighted by atomic mass is 32.2. The molecule has 0 heterocycles. The smallest absolute Gasteiger partial charge is 0.127 e. The van der Waals surface area contributed by atoms with Crippen molar-refractivity contribution >= 4 is 11.8 Å². The fourth-order valence-electron chi connectivity index (χ4n) is 1.21. The van der Waals surface area contributed by atoms with Gasteiger partial charge in [-0.25, -0.2) is 8.78 Å². The van der Waals surface area contributed by atoms with Crippen molar-refractivity contribution in [2.45, 2.75) is 9.79 Å². The van der Waals surface area contributed by atoms with E-state index in [-0.39, 0.29) is 0 Å². The van der Waals surface area contributed by atoms with Gasteiger partial charge in [0.25, 0.3) is 0 Å². The topological polar surface area (TPSA) is 0 Å². The summed E-state index contributed by atoms with van der Waals surface area (Å²) in [6.45, 7) is 0. The van der Waals surface area contributed by atoms with Crippen LogP contribution in [0.2, 0.25) is 0 Å². The minimum absolute atomic E-state index is 0.548. The van der Waals surface area contributed by atoms with Crippen LogP contribution < -0.4 is 0 Å². The molecule has 0 fully saturated rings. The normalized spacial score (nSPS) is 10.3.